The number of amides is 1. The maximum atomic E-state index is 12.4. The minimum Gasteiger partial charge on any atom is -0.368 e. The van der Waals surface area contributed by atoms with Gasteiger partial charge in [0.2, 0.25) is 0 Å². The van der Waals surface area contributed by atoms with Crippen LogP contribution in [0.25, 0.3) is 0 Å². The van der Waals surface area contributed by atoms with Crippen molar-refractivity contribution in [3.05, 3.63) is 35.9 Å². The topological polar surface area (TPSA) is 32.8 Å². The molecule has 22 heavy (non-hydrogen) atoms. The van der Waals surface area contributed by atoms with Gasteiger partial charge in [0, 0.05) is 39.3 Å². The molecule has 0 saturated carbocycles. The molecule has 1 aromatic carbocycles. The lowest BCUT2D eigenvalue weighted by Crippen LogP contribution is -2.52. The Bertz CT molecular complexity index is 463. The molecule has 0 radical (unpaired) electrons. The van der Waals surface area contributed by atoms with E-state index in [0.717, 1.165) is 65.0 Å². The normalized spacial score (nSPS) is 23.5. The van der Waals surface area contributed by atoms with Crippen molar-refractivity contribution in [3.63, 3.8) is 0 Å². The van der Waals surface area contributed by atoms with E-state index in [2.05, 4.69) is 35.2 Å². The number of carbonyl (C=O) groups is 1. The maximum Gasteiger partial charge on any atom is 0.251 e. The van der Waals surface area contributed by atoms with Crippen molar-refractivity contribution < 1.29 is 9.53 Å². The Morgan fingerprint density at radius 2 is 1.86 bits per heavy atom. The first-order valence-electron chi connectivity index (χ1n) is 8.49. The zero-order valence-corrected chi connectivity index (χ0v) is 13.2. The van der Waals surface area contributed by atoms with Gasteiger partial charge in [-0.05, 0) is 31.2 Å². The average Bonchev–Trinajstić information content (AvgIpc) is 2.61. The number of hydrogen-bond acceptors (Lipinski definition) is 3. The monoisotopic (exact) mass is 302 g/mol. The fourth-order valence-electron chi connectivity index (χ4n) is 3.26. The van der Waals surface area contributed by atoms with Crippen molar-refractivity contribution >= 4 is 5.91 Å². The number of hydrogen-bond donors (Lipinski definition) is 0. The van der Waals surface area contributed by atoms with Crippen molar-refractivity contribution in [2.45, 2.75) is 31.8 Å². The van der Waals surface area contributed by atoms with Crippen LogP contribution in [-0.2, 0) is 16.0 Å². The first-order valence-corrected chi connectivity index (χ1v) is 8.49. The van der Waals surface area contributed by atoms with Gasteiger partial charge in [0.15, 0.2) is 0 Å². The van der Waals surface area contributed by atoms with Gasteiger partial charge in [-0.15, -0.1) is 0 Å². The summed E-state index contributed by atoms with van der Waals surface area (Å²) in [5, 5.41) is 0. The molecule has 0 bridgehead atoms. The molecule has 1 aromatic rings. The summed E-state index contributed by atoms with van der Waals surface area (Å²) in [7, 11) is 0. The first kappa shape index (κ1) is 15.5. The average molecular weight is 302 g/mol. The maximum absolute atomic E-state index is 12.4. The van der Waals surface area contributed by atoms with E-state index in [0.29, 0.717) is 0 Å². The summed E-state index contributed by atoms with van der Waals surface area (Å²) in [6.45, 7) is 5.46. The van der Waals surface area contributed by atoms with E-state index in [1.54, 1.807) is 0 Å². The van der Waals surface area contributed by atoms with Crippen LogP contribution >= 0.6 is 0 Å². The van der Waals surface area contributed by atoms with E-state index < -0.39 is 0 Å². The van der Waals surface area contributed by atoms with Crippen molar-refractivity contribution in [2.24, 2.45) is 0 Å². The molecule has 4 nitrogen and oxygen atoms in total. The number of rotatable bonds is 4. The molecule has 2 saturated heterocycles. The molecule has 3 rings (SSSR count). The summed E-state index contributed by atoms with van der Waals surface area (Å²) in [6, 6.07) is 10.6. The summed E-state index contributed by atoms with van der Waals surface area (Å²) >= 11 is 0. The van der Waals surface area contributed by atoms with Crippen LogP contribution in [0, 0.1) is 0 Å². The number of carbonyl (C=O) groups excluding carboxylic acids is 1. The second-order valence-corrected chi connectivity index (χ2v) is 6.26. The molecule has 0 aromatic heterocycles. The van der Waals surface area contributed by atoms with Crippen LogP contribution in [0.5, 0.6) is 0 Å². The second kappa shape index (κ2) is 7.75. The van der Waals surface area contributed by atoms with Gasteiger partial charge in [0.05, 0.1) is 0 Å². The van der Waals surface area contributed by atoms with Gasteiger partial charge < -0.3 is 9.64 Å². The molecule has 0 spiro atoms. The highest BCUT2D eigenvalue weighted by molar-refractivity contribution is 5.81. The molecule has 2 heterocycles. The fraction of sp³-hybridized carbons (Fsp3) is 0.611. The fourth-order valence-corrected chi connectivity index (χ4v) is 3.26. The lowest BCUT2D eigenvalue weighted by Gasteiger charge is -2.37. The molecular formula is C18H26N2O2. The molecule has 1 amide bonds. The summed E-state index contributed by atoms with van der Waals surface area (Å²) in [4.78, 5) is 16.9. The lowest BCUT2D eigenvalue weighted by molar-refractivity contribution is -0.148. The van der Waals surface area contributed by atoms with Crippen LogP contribution in [0.2, 0.25) is 0 Å². The van der Waals surface area contributed by atoms with E-state index in [1.807, 2.05) is 4.90 Å². The number of piperazine rings is 1. The molecule has 2 aliphatic heterocycles. The van der Waals surface area contributed by atoms with E-state index in [9.17, 15) is 4.79 Å². The predicted octanol–water partition coefficient (Wildman–Crippen LogP) is 1.94. The Labute approximate surface area is 133 Å². The Morgan fingerprint density at radius 1 is 1.09 bits per heavy atom. The van der Waals surface area contributed by atoms with Crippen molar-refractivity contribution in [1.82, 2.24) is 9.80 Å². The van der Waals surface area contributed by atoms with Crippen LogP contribution < -0.4 is 0 Å². The van der Waals surface area contributed by atoms with Gasteiger partial charge in [0.1, 0.15) is 6.10 Å². The highest BCUT2D eigenvalue weighted by Gasteiger charge is 2.29. The van der Waals surface area contributed by atoms with Gasteiger partial charge in [-0.2, -0.15) is 0 Å². The molecule has 2 fully saturated rings. The Morgan fingerprint density at radius 3 is 2.55 bits per heavy atom. The number of nitrogens with zero attached hydrogens (tertiary/aromatic N) is 2. The predicted molar refractivity (Wildman–Crippen MR) is 86.8 cm³/mol. The first-order chi connectivity index (χ1) is 10.8. The lowest BCUT2D eigenvalue weighted by atomic mass is 10.1. The standard InChI is InChI=1S/C18H26N2O2/c21-18(17-8-4-5-15-22-17)20-13-11-19(12-14-20)10-9-16-6-2-1-3-7-16/h1-3,6-7,17H,4-5,8-15H2/t17-/m1/s1. The highest BCUT2D eigenvalue weighted by atomic mass is 16.5. The largest absolute Gasteiger partial charge is 0.368 e. The summed E-state index contributed by atoms with van der Waals surface area (Å²) in [5.74, 6) is 0.211. The highest BCUT2D eigenvalue weighted by Crippen LogP contribution is 2.16. The van der Waals surface area contributed by atoms with Crippen LogP contribution in [0.1, 0.15) is 24.8 Å². The molecule has 120 valence electrons. The van der Waals surface area contributed by atoms with Crippen LogP contribution in [0.3, 0.4) is 0 Å². The second-order valence-electron chi connectivity index (χ2n) is 6.26. The molecule has 0 N–H and O–H groups in total. The zero-order chi connectivity index (χ0) is 15.2. The smallest absolute Gasteiger partial charge is 0.251 e. The summed E-state index contributed by atoms with van der Waals surface area (Å²) < 4.78 is 5.62. The third kappa shape index (κ3) is 4.08. The Balaban J connectivity index is 1.41. The third-order valence-electron chi connectivity index (χ3n) is 4.70. The Kier molecular flexibility index (Phi) is 5.46. The van der Waals surface area contributed by atoms with E-state index >= 15 is 0 Å². The molecular weight excluding hydrogens is 276 g/mol. The minimum absolute atomic E-state index is 0.176. The SMILES string of the molecule is O=C([C@H]1CCCCO1)N1CCN(CCc2ccccc2)CC1. The number of benzene rings is 1. The van der Waals surface area contributed by atoms with Crippen LogP contribution in [0.15, 0.2) is 30.3 Å². The van der Waals surface area contributed by atoms with Crippen molar-refractivity contribution in [2.75, 3.05) is 39.3 Å². The van der Waals surface area contributed by atoms with Crippen LogP contribution in [-0.4, -0.2) is 61.1 Å². The summed E-state index contributed by atoms with van der Waals surface area (Å²) in [5.41, 5.74) is 1.39. The van der Waals surface area contributed by atoms with Crippen molar-refractivity contribution in [3.8, 4) is 0 Å². The van der Waals surface area contributed by atoms with Crippen molar-refractivity contribution in [1.29, 1.82) is 0 Å². The molecule has 0 unspecified atom stereocenters. The summed E-state index contributed by atoms with van der Waals surface area (Å²) in [6.07, 6.45) is 4.02. The zero-order valence-electron chi connectivity index (χ0n) is 13.2. The van der Waals surface area contributed by atoms with Gasteiger partial charge in [0.25, 0.3) is 5.91 Å². The molecule has 2 aliphatic rings. The van der Waals surface area contributed by atoms with E-state index in [1.165, 1.54) is 5.56 Å². The van der Waals surface area contributed by atoms with E-state index in [-0.39, 0.29) is 12.0 Å². The van der Waals surface area contributed by atoms with Gasteiger partial charge in [-0.3, -0.25) is 9.69 Å². The minimum atomic E-state index is -0.176. The van der Waals surface area contributed by atoms with E-state index in [4.69, 9.17) is 4.74 Å². The third-order valence-corrected chi connectivity index (χ3v) is 4.70. The van der Waals surface area contributed by atoms with Gasteiger partial charge >= 0.3 is 0 Å². The van der Waals surface area contributed by atoms with Crippen LogP contribution in [0.4, 0.5) is 0 Å². The van der Waals surface area contributed by atoms with Gasteiger partial charge in [-0.1, -0.05) is 30.3 Å². The molecule has 0 aliphatic carbocycles. The molecule has 4 heteroatoms. The number of ether oxygens (including phenoxy) is 1. The Hall–Kier alpha value is -1.39. The van der Waals surface area contributed by atoms with Gasteiger partial charge in [-0.25, -0.2) is 0 Å². The quantitative estimate of drug-likeness (QED) is 0.852. The molecule has 1 atom stereocenters.